The smallest absolute Gasteiger partial charge is 0.305 e. The van der Waals surface area contributed by atoms with Gasteiger partial charge in [-0.1, -0.05) is 58.3 Å². The highest BCUT2D eigenvalue weighted by molar-refractivity contribution is 5.69. The fourth-order valence-electron chi connectivity index (χ4n) is 3.13. The van der Waals surface area contributed by atoms with Gasteiger partial charge in [-0.25, -0.2) is 0 Å². The molecule has 1 aliphatic heterocycles. The van der Waals surface area contributed by atoms with Gasteiger partial charge in [0.2, 0.25) is 0 Å². The molecule has 0 bridgehead atoms. The van der Waals surface area contributed by atoms with E-state index in [0.717, 1.165) is 38.9 Å². The Morgan fingerprint density at radius 3 is 2.30 bits per heavy atom. The third-order valence-electron chi connectivity index (χ3n) is 4.61. The van der Waals surface area contributed by atoms with E-state index in [-0.39, 0.29) is 12.1 Å². The Bertz CT molecular complexity index is 296. The lowest BCUT2D eigenvalue weighted by molar-refractivity contribution is -0.143. The lowest BCUT2D eigenvalue weighted by Gasteiger charge is -2.14. The summed E-state index contributed by atoms with van der Waals surface area (Å²) in [5.74, 6) is -0.0655. The van der Waals surface area contributed by atoms with Crippen LogP contribution >= 0.6 is 0 Å². The van der Waals surface area contributed by atoms with Gasteiger partial charge in [-0.3, -0.25) is 4.79 Å². The predicted octanol–water partition coefficient (Wildman–Crippen LogP) is 3.91. The number of likely N-dealkylation sites (tertiary alicyclic amines) is 1. The topological polar surface area (TPSA) is 49.8 Å². The van der Waals surface area contributed by atoms with Gasteiger partial charge >= 0.3 is 5.97 Å². The number of ether oxygens (including phenoxy) is 1. The molecule has 1 rings (SSSR count). The number of hydrogen-bond donors (Lipinski definition) is 1. The molecule has 1 heterocycles. The summed E-state index contributed by atoms with van der Waals surface area (Å²) < 4.78 is 5.28. The Labute approximate surface area is 142 Å². The highest BCUT2D eigenvalue weighted by atomic mass is 16.5. The van der Waals surface area contributed by atoms with E-state index in [1.54, 1.807) is 0 Å². The Morgan fingerprint density at radius 1 is 1.04 bits per heavy atom. The minimum absolute atomic E-state index is 0.0655. The van der Waals surface area contributed by atoms with Gasteiger partial charge in [-0.05, 0) is 25.8 Å². The third kappa shape index (κ3) is 11.5. The van der Waals surface area contributed by atoms with E-state index in [1.807, 2.05) is 0 Å². The van der Waals surface area contributed by atoms with Crippen molar-refractivity contribution in [1.29, 1.82) is 0 Å². The highest BCUT2D eigenvalue weighted by Crippen LogP contribution is 2.11. The minimum Gasteiger partial charge on any atom is -0.466 e. The van der Waals surface area contributed by atoms with Crippen molar-refractivity contribution >= 4 is 5.97 Å². The fraction of sp³-hybridized carbons (Fsp3) is 0.947. The van der Waals surface area contributed by atoms with E-state index in [2.05, 4.69) is 11.8 Å². The lowest BCUT2D eigenvalue weighted by atomic mass is 10.1. The second-order valence-corrected chi connectivity index (χ2v) is 6.90. The molecule has 0 aromatic rings. The Morgan fingerprint density at radius 2 is 1.70 bits per heavy atom. The quantitative estimate of drug-likeness (QED) is 0.388. The summed E-state index contributed by atoms with van der Waals surface area (Å²) in [5.41, 5.74) is 0. The van der Waals surface area contributed by atoms with Crippen molar-refractivity contribution in [3.05, 3.63) is 0 Å². The van der Waals surface area contributed by atoms with Crippen molar-refractivity contribution in [2.24, 2.45) is 0 Å². The first-order valence-electron chi connectivity index (χ1n) is 9.78. The number of carbonyl (C=O) groups excluding carboxylic acids is 1. The second-order valence-electron chi connectivity index (χ2n) is 6.90. The molecule has 1 N–H and O–H groups in total. The molecule has 1 saturated heterocycles. The SMILES string of the molecule is CCCCCCCCCCCOC(=O)CCCN1CCC(O)C1. The molecule has 136 valence electrons. The summed E-state index contributed by atoms with van der Waals surface area (Å²) in [6.45, 7) is 5.43. The Kier molecular flexibility index (Phi) is 12.3. The predicted molar refractivity (Wildman–Crippen MR) is 94.5 cm³/mol. The molecular formula is C19H37NO3. The van der Waals surface area contributed by atoms with Gasteiger partial charge in [0, 0.05) is 19.5 Å². The van der Waals surface area contributed by atoms with Gasteiger partial charge in [0.05, 0.1) is 12.7 Å². The van der Waals surface area contributed by atoms with Crippen LogP contribution < -0.4 is 0 Å². The molecule has 0 aromatic heterocycles. The van der Waals surface area contributed by atoms with Crippen molar-refractivity contribution in [2.75, 3.05) is 26.2 Å². The average Bonchev–Trinajstić information content (AvgIpc) is 2.94. The molecule has 1 unspecified atom stereocenters. The van der Waals surface area contributed by atoms with E-state index in [9.17, 15) is 9.90 Å². The van der Waals surface area contributed by atoms with Gasteiger partial charge in [0.1, 0.15) is 0 Å². The Hall–Kier alpha value is -0.610. The van der Waals surface area contributed by atoms with Crippen molar-refractivity contribution < 1.29 is 14.6 Å². The normalized spacial score (nSPS) is 18.4. The zero-order valence-corrected chi connectivity index (χ0v) is 15.1. The summed E-state index contributed by atoms with van der Waals surface area (Å²) in [6, 6.07) is 0. The number of hydrogen-bond acceptors (Lipinski definition) is 4. The van der Waals surface area contributed by atoms with Gasteiger partial charge in [-0.15, -0.1) is 0 Å². The van der Waals surface area contributed by atoms with Crippen LogP contribution in [-0.4, -0.2) is 48.3 Å². The summed E-state index contributed by atoms with van der Waals surface area (Å²) in [7, 11) is 0. The second kappa shape index (κ2) is 13.8. The van der Waals surface area contributed by atoms with Crippen LogP contribution in [0, 0.1) is 0 Å². The van der Waals surface area contributed by atoms with Crippen LogP contribution in [0.4, 0.5) is 0 Å². The molecule has 1 fully saturated rings. The molecule has 1 atom stereocenters. The molecule has 0 aliphatic carbocycles. The summed E-state index contributed by atoms with van der Waals surface area (Å²) >= 11 is 0. The largest absolute Gasteiger partial charge is 0.466 e. The molecule has 23 heavy (non-hydrogen) atoms. The van der Waals surface area contributed by atoms with E-state index in [0.29, 0.717) is 13.0 Å². The molecule has 1 aliphatic rings. The first kappa shape index (κ1) is 20.4. The molecule has 4 heteroatoms. The van der Waals surface area contributed by atoms with E-state index in [1.165, 1.54) is 51.4 Å². The van der Waals surface area contributed by atoms with Crippen LogP contribution in [0.25, 0.3) is 0 Å². The van der Waals surface area contributed by atoms with E-state index in [4.69, 9.17) is 4.74 Å². The highest BCUT2D eigenvalue weighted by Gasteiger charge is 2.19. The molecule has 0 amide bonds. The van der Waals surface area contributed by atoms with Crippen molar-refractivity contribution in [3.63, 3.8) is 0 Å². The molecule has 0 spiro atoms. The van der Waals surface area contributed by atoms with Crippen LogP contribution in [0.1, 0.15) is 84.0 Å². The van der Waals surface area contributed by atoms with Crippen LogP contribution in [0.2, 0.25) is 0 Å². The standard InChI is InChI=1S/C19H37NO3/c1-2-3-4-5-6-7-8-9-10-16-23-19(22)12-11-14-20-15-13-18(21)17-20/h18,21H,2-17H2,1H3. The molecule has 0 saturated carbocycles. The van der Waals surface area contributed by atoms with Gasteiger partial charge in [0.25, 0.3) is 0 Å². The summed E-state index contributed by atoms with van der Waals surface area (Å²) in [5, 5.41) is 9.43. The monoisotopic (exact) mass is 327 g/mol. The maximum atomic E-state index is 11.6. The van der Waals surface area contributed by atoms with Crippen molar-refractivity contribution in [2.45, 2.75) is 90.1 Å². The van der Waals surface area contributed by atoms with Gasteiger partial charge < -0.3 is 14.7 Å². The lowest BCUT2D eigenvalue weighted by Crippen LogP contribution is -2.23. The number of aliphatic hydroxyl groups excluding tert-OH is 1. The van der Waals surface area contributed by atoms with Crippen LogP contribution in [0.15, 0.2) is 0 Å². The number of rotatable bonds is 14. The molecule has 0 aromatic carbocycles. The van der Waals surface area contributed by atoms with Crippen LogP contribution in [0.5, 0.6) is 0 Å². The van der Waals surface area contributed by atoms with Crippen LogP contribution in [-0.2, 0) is 9.53 Å². The summed E-state index contributed by atoms with van der Waals surface area (Å²) in [6.07, 6.45) is 13.6. The van der Waals surface area contributed by atoms with Crippen molar-refractivity contribution in [3.8, 4) is 0 Å². The third-order valence-corrected chi connectivity index (χ3v) is 4.61. The summed E-state index contributed by atoms with van der Waals surface area (Å²) in [4.78, 5) is 13.8. The number of carbonyl (C=O) groups is 1. The molecular weight excluding hydrogens is 290 g/mol. The zero-order valence-electron chi connectivity index (χ0n) is 15.1. The van der Waals surface area contributed by atoms with Crippen LogP contribution in [0.3, 0.4) is 0 Å². The maximum Gasteiger partial charge on any atom is 0.305 e. The minimum atomic E-state index is -0.173. The Balaban J connectivity index is 1.79. The first-order valence-corrected chi connectivity index (χ1v) is 9.78. The average molecular weight is 328 g/mol. The van der Waals surface area contributed by atoms with Gasteiger partial charge in [-0.2, -0.15) is 0 Å². The number of aliphatic hydroxyl groups is 1. The van der Waals surface area contributed by atoms with Gasteiger partial charge in [0.15, 0.2) is 0 Å². The number of unbranched alkanes of at least 4 members (excludes halogenated alkanes) is 8. The number of nitrogens with zero attached hydrogens (tertiary/aromatic N) is 1. The zero-order chi connectivity index (χ0) is 16.8. The fourth-order valence-corrected chi connectivity index (χ4v) is 3.13. The van der Waals surface area contributed by atoms with E-state index < -0.39 is 0 Å². The number of β-amino-alcohol motifs (C(OH)–C–C–N with tert-alkyl or cyclic N) is 1. The van der Waals surface area contributed by atoms with E-state index >= 15 is 0 Å². The molecule has 4 nitrogen and oxygen atoms in total. The first-order chi connectivity index (χ1) is 11.2. The van der Waals surface area contributed by atoms with Crippen molar-refractivity contribution in [1.82, 2.24) is 4.90 Å². The maximum absolute atomic E-state index is 11.6. The number of esters is 1. The molecule has 0 radical (unpaired) electrons.